The van der Waals surface area contributed by atoms with Gasteiger partial charge in [0.15, 0.2) is 5.78 Å². The number of hydrogen-bond acceptors (Lipinski definition) is 3. The second kappa shape index (κ2) is 2.61. The first-order chi connectivity index (χ1) is 4.74. The monoisotopic (exact) mass is 137 g/mol. The molecule has 0 bridgehead atoms. The summed E-state index contributed by atoms with van der Waals surface area (Å²) in [5.41, 5.74) is 0. The molecule has 1 fully saturated rings. The maximum Gasteiger partial charge on any atom is 0.150 e. The number of Topliss-reactive ketones (excluding diaryl/α,β-unsaturated/α-hetero) is 2. The van der Waals surface area contributed by atoms with Gasteiger partial charge in [0.25, 0.3) is 0 Å². The van der Waals surface area contributed by atoms with E-state index in [1.54, 1.807) is 0 Å². The Morgan fingerprint density at radius 3 is 2.60 bits per heavy atom. The van der Waals surface area contributed by atoms with Crippen LogP contribution < -0.4 is 0 Å². The van der Waals surface area contributed by atoms with E-state index in [4.69, 9.17) is 5.26 Å². The van der Waals surface area contributed by atoms with E-state index in [9.17, 15) is 9.59 Å². The van der Waals surface area contributed by atoms with Crippen LogP contribution in [0.15, 0.2) is 0 Å². The Morgan fingerprint density at radius 1 is 1.40 bits per heavy atom. The highest BCUT2D eigenvalue weighted by atomic mass is 16.1. The van der Waals surface area contributed by atoms with Gasteiger partial charge in [-0.3, -0.25) is 9.59 Å². The van der Waals surface area contributed by atoms with Crippen molar-refractivity contribution in [3.05, 3.63) is 0 Å². The predicted octanol–water partition coefficient (Wildman–Crippen LogP) is 0.448. The highest BCUT2D eigenvalue weighted by molar-refractivity contribution is 5.95. The fraction of sp³-hybridized carbons (Fsp3) is 0.571. The average molecular weight is 137 g/mol. The molecule has 1 aliphatic carbocycles. The first-order valence-corrected chi connectivity index (χ1v) is 3.18. The minimum absolute atomic E-state index is 0.0335. The smallest absolute Gasteiger partial charge is 0.150 e. The quantitative estimate of drug-likeness (QED) is 0.487. The lowest BCUT2D eigenvalue weighted by Crippen LogP contribution is -2.23. The molecule has 0 saturated heterocycles. The standard InChI is InChI=1S/C7H7NO2/c8-4-5-3-6(9)1-2-7(5)10/h5H,1-3H2. The van der Waals surface area contributed by atoms with Crippen LogP contribution in [0.1, 0.15) is 19.3 Å². The molecule has 1 aliphatic rings. The van der Waals surface area contributed by atoms with E-state index in [-0.39, 0.29) is 24.4 Å². The van der Waals surface area contributed by atoms with Crippen LogP contribution in [0, 0.1) is 17.2 Å². The highest BCUT2D eigenvalue weighted by Gasteiger charge is 2.26. The molecule has 3 heteroatoms. The number of nitriles is 1. The van der Waals surface area contributed by atoms with Crippen molar-refractivity contribution in [3.63, 3.8) is 0 Å². The van der Waals surface area contributed by atoms with Gasteiger partial charge in [-0.2, -0.15) is 5.26 Å². The largest absolute Gasteiger partial charge is 0.300 e. The molecule has 1 rings (SSSR count). The fourth-order valence-corrected chi connectivity index (χ4v) is 0.998. The van der Waals surface area contributed by atoms with Crippen molar-refractivity contribution in [2.75, 3.05) is 0 Å². The van der Waals surface area contributed by atoms with E-state index in [1.807, 2.05) is 6.07 Å². The average Bonchev–Trinajstić information content (AvgIpc) is 1.94. The molecule has 3 nitrogen and oxygen atoms in total. The van der Waals surface area contributed by atoms with Gasteiger partial charge in [-0.25, -0.2) is 0 Å². The van der Waals surface area contributed by atoms with Crippen molar-refractivity contribution >= 4 is 11.6 Å². The summed E-state index contributed by atoms with van der Waals surface area (Å²) in [6.45, 7) is 0. The molecule has 0 spiro atoms. The van der Waals surface area contributed by atoms with E-state index in [0.717, 1.165) is 0 Å². The number of rotatable bonds is 0. The van der Waals surface area contributed by atoms with Crippen LogP contribution in [-0.4, -0.2) is 11.6 Å². The van der Waals surface area contributed by atoms with Gasteiger partial charge in [-0.15, -0.1) is 0 Å². The molecule has 52 valence electrons. The lowest BCUT2D eigenvalue weighted by Gasteiger charge is -2.11. The molecule has 1 saturated carbocycles. The highest BCUT2D eigenvalue weighted by Crippen LogP contribution is 2.16. The van der Waals surface area contributed by atoms with Crippen LogP contribution in [0.4, 0.5) is 0 Å². The lowest BCUT2D eigenvalue weighted by atomic mass is 9.88. The Hall–Kier alpha value is -1.17. The van der Waals surface area contributed by atoms with Crippen LogP contribution in [0.5, 0.6) is 0 Å². The fourth-order valence-electron chi connectivity index (χ4n) is 0.998. The van der Waals surface area contributed by atoms with Crippen molar-refractivity contribution in [2.45, 2.75) is 19.3 Å². The minimum Gasteiger partial charge on any atom is -0.300 e. The maximum absolute atomic E-state index is 10.8. The Kier molecular flexibility index (Phi) is 1.81. The van der Waals surface area contributed by atoms with Crippen molar-refractivity contribution in [1.29, 1.82) is 5.26 Å². The molecule has 0 heterocycles. The van der Waals surface area contributed by atoms with Gasteiger partial charge in [0, 0.05) is 19.3 Å². The summed E-state index contributed by atoms with van der Waals surface area (Å²) < 4.78 is 0. The first-order valence-electron chi connectivity index (χ1n) is 3.18. The Morgan fingerprint density at radius 2 is 2.10 bits per heavy atom. The first kappa shape index (κ1) is 6.94. The predicted molar refractivity (Wildman–Crippen MR) is 33.0 cm³/mol. The zero-order chi connectivity index (χ0) is 7.56. The van der Waals surface area contributed by atoms with E-state index in [2.05, 4.69) is 0 Å². The molecule has 0 aromatic heterocycles. The van der Waals surface area contributed by atoms with Crippen molar-refractivity contribution in [1.82, 2.24) is 0 Å². The zero-order valence-corrected chi connectivity index (χ0v) is 5.46. The minimum atomic E-state index is -0.652. The zero-order valence-electron chi connectivity index (χ0n) is 5.46. The molecule has 0 aliphatic heterocycles. The van der Waals surface area contributed by atoms with E-state index in [1.165, 1.54) is 0 Å². The molecule has 10 heavy (non-hydrogen) atoms. The molecule has 1 unspecified atom stereocenters. The van der Waals surface area contributed by atoms with Crippen LogP contribution >= 0.6 is 0 Å². The van der Waals surface area contributed by atoms with Gasteiger partial charge >= 0.3 is 0 Å². The number of carbonyl (C=O) groups is 2. The van der Waals surface area contributed by atoms with Gasteiger partial charge in [0.05, 0.1) is 6.07 Å². The number of nitrogens with zero attached hydrogens (tertiary/aromatic N) is 1. The lowest BCUT2D eigenvalue weighted by molar-refractivity contribution is -0.131. The summed E-state index contributed by atoms with van der Waals surface area (Å²) in [6.07, 6.45) is 0.726. The molecule has 0 radical (unpaired) electrons. The summed E-state index contributed by atoms with van der Waals surface area (Å²) in [7, 11) is 0. The molecule has 0 aromatic rings. The third kappa shape index (κ3) is 1.21. The Balaban J connectivity index is 2.64. The summed E-state index contributed by atoms with van der Waals surface area (Å²) in [5, 5.41) is 8.36. The molecular formula is C7H7NO2. The van der Waals surface area contributed by atoms with Crippen molar-refractivity contribution in [2.24, 2.45) is 5.92 Å². The second-order valence-corrected chi connectivity index (χ2v) is 2.39. The van der Waals surface area contributed by atoms with E-state index >= 15 is 0 Å². The van der Waals surface area contributed by atoms with Crippen LogP contribution in [0.3, 0.4) is 0 Å². The summed E-state index contributed by atoms with van der Waals surface area (Å²) in [4.78, 5) is 21.5. The number of carbonyl (C=O) groups excluding carboxylic acids is 2. The van der Waals surface area contributed by atoms with Crippen molar-refractivity contribution < 1.29 is 9.59 Å². The van der Waals surface area contributed by atoms with Crippen LogP contribution in [-0.2, 0) is 9.59 Å². The second-order valence-electron chi connectivity index (χ2n) is 2.39. The Bertz CT molecular complexity index is 214. The van der Waals surface area contributed by atoms with Gasteiger partial charge in [0.1, 0.15) is 11.7 Å². The topological polar surface area (TPSA) is 57.9 Å². The van der Waals surface area contributed by atoms with Gasteiger partial charge < -0.3 is 0 Å². The van der Waals surface area contributed by atoms with Crippen LogP contribution in [0.2, 0.25) is 0 Å². The maximum atomic E-state index is 10.8. The van der Waals surface area contributed by atoms with Crippen molar-refractivity contribution in [3.8, 4) is 6.07 Å². The third-order valence-corrected chi connectivity index (χ3v) is 1.63. The summed E-state index contributed by atoms with van der Waals surface area (Å²) in [6, 6.07) is 1.81. The van der Waals surface area contributed by atoms with Crippen LogP contribution in [0.25, 0.3) is 0 Å². The van der Waals surface area contributed by atoms with Gasteiger partial charge in [-0.1, -0.05) is 0 Å². The molecule has 0 amide bonds. The SMILES string of the molecule is N#CC1CC(=O)CCC1=O. The molecular weight excluding hydrogens is 130 g/mol. The summed E-state index contributed by atoms with van der Waals surface area (Å²) in [5.74, 6) is -0.700. The normalized spacial score (nSPS) is 26.1. The van der Waals surface area contributed by atoms with E-state index < -0.39 is 5.92 Å². The third-order valence-electron chi connectivity index (χ3n) is 1.63. The number of ketones is 2. The van der Waals surface area contributed by atoms with Gasteiger partial charge in [0.2, 0.25) is 0 Å². The molecule has 0 aromatic carbocycles. The van der Waals surface area contributed by atoms with Gasteiger partial charge in [-0.05, 0) is 0 Å². The molecule has 0 N–H and O–H groups in total. The number of hydrogen-bond donors (Lipinski definition) is 0. The summed E-state index contributed by atoms with van der Waals surface area (Å²) >= 11 is 0. The van der Waals surface area contributed by atoms with E-state index in [0.29, 0.717) is 6.42 Å². The molecule has 1 atom stereocenters. The Labute approximate surface area is 58.6 Å².